The zero-order valence-corrected chi connectivity index (χ0v) is 8.70. The number of nitrogens with one attached hydrogen (secondary N) is 1. The first-order chi connectivity index (χ1) is 5.86. The van der Waals surface area contributed by atoms with Crippen LogP contribution in [0, 0.1) is 5.92 Å². The molecule has 3 unspecified atom stereocenters. The Morgan fingerprint density at radius 1 is 1.42 bits per heavy atom. The van der Waals surface area contributed by atoms with E-state index in [9.17, 15) is 0 Å². The van der Waals surface area contributed by atoms with Gasteiger partial charge in [0.2, 0.25) is 0 Å². The Morgan fingerprint density at radius 2 is 2.33 bits per heavy atom. The summed E-state index contributed by atoms with van der Waals surface area (Å²) in [5.41, 5.74) is 0. The molecule has 2 aliphatic rings. The Kier molecular flexibility index (Phi) is 2.97. The molecule has 0 bridgehead atoms. The first-order valence-corrected chi connectivity index (χ1v) is 6.26. The van der Waals surface area contributed by atoms with Crippen LogP contribution < -0.4 is 5.32 Å². The Labute approximate surface area is 79.7 Å². The van der Waals surface area contributed by atoms with Crippen molar-refractivity contribution in [3.63, 3.8) is 0 Å². The minimum absolute atomic E-state index is 0.858. The van der Waals surface area contributed by atoms with Crippen LogP contribution in [0.5, 0.6) is 0 Å². The molecular weight excluding hydrogens is 166 g/mol. The number of thioether (sulfide) groups is 1. The van der Waals surface area contributed by atoms with Crippen molar-refractivity contribution in [1.29, 1.82) is 0 Å². The molecule has 2 fully saturated rings. The van der Waals surface area contributed by atoms with Crippen LogP contribution in [-0.4, -0.2) is 23.6 Å². The molecule has 2 rings (SSSR count). The standard InChI is InChI=1S/C10H19NS/c1-8-9(4-6-12-8)7-10-3-2-5-11-10/h8-11H,2-7H2,1H3. The second-order valence-electron chi connectivity index (χ2n) is 4.15. The predicted molar refractivity (Wildman–Crippen MR) is 55.7 cm³/mol. The van der Waals surface area contributed by atoms with Gasteiger partial charge in [0.05, 0.1) is 0 Å². The summed E-state index contributed by atoms with van der Waals surface area (Å²) in [7, 11) is 0. The van der Waals surface area contributed by atoms with Gasteiger partial charge in [0, 0.05) is 11.3 Å². The summed E-state index contributed by atoms with van der Waals surface area (Å²) in [6.45, 7) is 3.66. The zero-order chi connectivity index (χ0) is 8.39. The highest BCUT2D eigenvalue weighted by molar-refractivity contribution is 8.00. The van der Waals surface area contributed by atoms with Gasteiger partial charge in [0.25, 0.3) is 0 Å². The van der Waals surface area contributed by atoms with Crippen LogP contribution in [0.15, 0.2) is 0 Å². The maximum absolute atomic E-state index is 3.59. The summed E-state index contributed by atoms with van der Waals surface area (Å²) in [5.74, 6) is 2.41. The largest absolute Gasteiger partial charge is 0.314 e. The molecule has 12 heavy (non-hydrogen) atoms. The molecule has 2 saturated heterocycles. The maximum Gasteiger partial charge on any atom is 0.00705 e. The normalized spacial score (nSPS) is 42.2. The van der Waals surface area contributed by atoms with E-state index in [1.807, 2.05) is 0 Å². The Balaban J connectivity index is 1.77. The van der Waals surface area contributed by atoms with Crippen molar-refractivity contribution in [2.24, 2.45) is 5.92 Å². The molecule has 0 saturated carbocycles. The molecule has 0 amide bonds. The fourth-order valence-electron chi connectivity index (χ4n) is 2.41. The van der Waals surface area contributed by atoms with E-state index < -0.39 is 0 Å². The highest BCUT2D eigenvalue weighted by Crippen LogP contribution is 2.35. The smallest absolute Gasteiger partial charge is 0.00705 e. The lowest BCUT2D eigenvalue weighted by Gasteiger charge is -2.18. The third-order valence-corrected chi connectivity index (χ3v) is 4.66. The van der Waals surface area contributed by atoms with E-state index in [2.05, 4.69) is 24.0 Å². The van der Waals surface area contributed by atoms with Crippen molar-refractivity contribution >= 4 is 11.8 Å². The van der Waals surface area contributed by atoms with E-state index >= 15 is 0 Å². The van der Waals surface area contributed by atoms with Gasteiger partial charge in [-0.1, -0.05) is 6.92 Å². The second kappa shape index (κ2) is 4.01. The highest BCUT2D eigenvalue weighted by Gasteiger charge is 2.27. The zero-order valence-electron chi connectivity index (χ0n) is 7.88. The molecular formula is C10H19NS. The molecule has 0 aromatic carbocycles. The minimum atomic E-state index is 0.858. The summed E-state index contributed by atoms with van der Waals surface area (Å²) in [6, 6.07) is 0.858. The van der Waals surface area contributed by atoms with Gasteiger partial charge in [0.1, 0.15) is 0 Å². The highest BCUT2D eigenvalue weighted by atomic mass is 32.2. The van der Waals surface area contributed by atoms with Gasteiger partial charge in [-0.25, -0.2) is 0 Å². The fraction of sp³-hybridized carbons (Fsp3) is 1.00. The molecule has 2 aliphatic heterocycles. The first-order valence-electron chi connectivity index (χ1n) is 5.21. The number of hydrogen-bond acceptors (Lipinski definition) is 2. The maximum atomic E-state index is 3.59. The molecule has 2 heteroatoms. The average molecular weight is 185 g/mol. The summed E-state index contributed by atoms with van der Waals surface area (Å²) in [6.07, 6.45) is 5.73. The Morgan fingerprint density at radius 3 is 2.92 bits per heavy atom. The Bertz CT molecular complexity index is 143. The van der Waals surface area contributed by atoms with Gasteiger partial charge >= 0.3 is 0 Å². The van der Waals surface area contributed by atoms with Gasteiger partial charge in [0.15, 0.2) is 0 Å². The summed E-state index contributed by atoms with van der Waals surface area (Å²) in [4.78, 5) is 0. The molecule has 2 heterocycles. The molecule has 1 nitrogen and oxygen atoms in total. The van der Waals surface area contributed by atoms with Crippen molar-refractivity contribution in [3.8, 4) is 0 Å². The third-order valence-electron chi connectivity index (χ3n) is 3.28. The van der Waals surface area contributed by atoms with Crippen LogP contribution in [0.2, 0.25) is 0 Å². The van der Waals surface area contributed by atoms with Crippen molar-refractivity contribution in [2.45, 2.75) is 43.9 Å². The van der Waals surface area contributed by atoms with Gasteiger partial charge < -0.3 is 5.32 Å². The van der Waals surface area contributed by atoms with E-state index in [4.69, 9.17) is 0 Å². The molecule has 0 aromatic heterocycles. The molecule has 3 atom stereocenters. The first kappa shape index (κ1) is 8.89. The lowest BCUT2D eigenvalue weighted by atomic mass is 9.94. The lowest BCUT2D eigenvalue weighted by Crippen LogP contribution is -2.26. The second-order valence-corrected chi connectivity index (χ2v) is 5.64. The average Bonchev–Trinajstić information content (AvgIpc) is 2.65. The fourth-order valence-corrected chi connectivity index (χ4v) is 3.74. The quantitative estimate of drug-likeness (QED) is 0.708. The lowest BCUT2D eigenvalue weighted by molar-refractivity contribution is 0.412. The topological polar surface area (TPSA) is 12.0 Å². The number of hydrogen-bond donors (Lipinski definition) is 1. The van der Waals surface area contributed by atoms with Crippen LogP contribution in [0.4, 0.5) is 0 Å². The monoisotopic (exact) mass is 185 g/mol. The third kappa shape index (κ3) is 1.97. The van der Waals surface area contributed by atoms with Crippen molar-refractivity contribution in [2.75, 3.05) is 12.3 Å². The van der Waals surface area contributed by atoms with Gasteiger partial charge in [-0.2, -0.15) is 11.8 Å². The Hall–Kier alpha value is 0.310. The molecule has 0 aliphatic carbocycles. The molecule has 70 valence electrons. The van der Waals surface area contributed by atoms with E-state index in [1.165, 1.54) is 38.0 Å². The summed E-state index contributed by atoms with van der Waals surface area (Å²) < 4.78 is 0. The van der Waals surface area contributed by atoms with Crippen LogP contribution in [0.25, 0.3) is 0 Å². The van der Waals surface area contributed by atoms with E-state index in [1.54, 1.807) is 0 Å². The van der Waals surface area contributed by atoms with Crippen molar-refractivity contribution in [3.05, 3.63) is 0 Å². The van der Waals surface area contributed by atoms with Gasteiger partial charge in [-0.05, 0) is 43.9 Å². The minimum Gasteiger partial charge on any atom is -0.314 e. The van der Waals surface area contributed by atoms with E-state index in [-0.39, 0.29) is 0 Å². The summed E-state index contributed by atoms with van der Waals surface area (Å²) in [5, 5.41) is 4.52. The predicted octanol–water partition coefficient (Wildman–Crippen LogP) is 2.27. The molecule has 0 aromatic rings. The SMILES string of the molecule is CC1SCCC1CC1CCCN1. The number of rotatable bonds is 2. The molecule has 0 radical (unpaired) electrons. The van der Waals surface area contributed by atoms with Crippen molar-refractivity contribution < 1.29 is 0 Å². The summed E-state index contributed by atoms with van der Waals surface area (Å²) >= 11 is 2.16. The molecule has 0 spiro atoms. The van der Waals surface area contributed by atoms with Crippen LogP contribution in [-0.2, 0) is 0 Å². The van der Waals surface area contributed by atoms with Crippen LogP contribution in [0.3, 0.4) is 0 Å². The van der Waals surface area contributed by atoms with Gasteiger partial charge in [-0.3, -0.25) is 0 Å². The molecule has 1 N–H and O–H groups in total. The van der Waals surface area contributed by atoms with Crippen molar-refractivity contribution in [1.82, 2.24) is 5.32 Å². The van der Waals surface area contributed by atoms with Crippen LogP contribution >= 0.6 is 11.8 Å². The van der Waals surface area contributed by atoms with E-state index in [0.29, 0.717) is 0 Å². The van der Waals surface area contributed by atoms with Crippen LogP contribution in [0.1, 0.15) is 32.6 Å². The van der Waals surface area contributed by atoms with E-state index in [0.717, 1.165) is 17.2 Å². The van der Waals surface area contributed by atoms with Gasteiger partial charge in [-0.15, -0.1) is 0 Å².